The smallest absolute Gasteiger partial charge is 0.191 e. The molecule has 144 valence electrons. The summed E-state index contributed by atoms with van der Waals surface area (Å²) in [5.74, 6) is 2.37. The van der Waals surface area contributed by atoms with E-state index in [2.05, 4.69) is 41.4 Å². The summed E-state index contributed by atoms with van der Waals surface area (Å²) in [6.07, 6.45) is 1.15. The average molecular weight is 464 g/mol. The number of rotatable bonds is 9. The Bertz CT molecular complexity index is 526. The summed E-state index contributed by atoms with van der Waals surface area (Å²) >= 11 is 0. The molecule has 0 bridgehead atoms. The minimum Gasteiger partial charge on any atom is -0.497 e. The molecule has 0 aliphatic rings. The second-order valence-corrected chi connectivity index (χ2v) is 5.77. The van der Waals surface area contributed by atoms with Crippen LogP contribution < -0.4 is 20.1 Å². The van der Waals surface area contributed by atoms with Gasteiger partial charge in [-0.05, 0) is 32.5 Å². The van der Waals surface area contributed by atoms with Crippen molar-refractivity contribution < 1.29 is 9.47 Å². The van der Waals surface area contributed by atoms with E-state index in [1.165, 1.54) is 0 Å². The van der Waals surface area contributed by atoms with Crippen LogP contribution in [0.2, 0.25) is 0 Å². The SMILES string of the molecule is CCC(C)N(C)CCNC(=NC)NCc1ccc(OC)cc1OC.I. The van der Waals surface area contributed by atoms with E-state index in [0.29, 0.717) is 12.6 Å². The van der Waals surface area contributed by atoms with E-state index < -0.39 is 0 Å². The third-order valence-electron chi connectivity index (χ3n) is 4.26. The first-order chi connectivity index (χ1) is 11.5. The maximum atomic E-state index is 5.42. The summed E-state index contributed by atoms with van der Waals surface area (Å²) in [7, 11) is 7.23. The van der Waals surface area contributed by atoms with Crippen molar-refractivity contribution in [1.82, 2.24) is 15.5 Å². The van der Waals surface area contributed by atoms with Crippen LogP contribution in [0.15, 0.2) is 23.2 Å². The van der Waals surface area contributed by atoms with Gasteiger partial charge in [0.1, 0.15) is 11.5 Å². The molecule has 0 saturated heterocycles. The van der Waals surface area contributed by atoms with Gasteiger partial charge < -0.3 is 25.0 Å². The molecule has 0 aliphatic carbocycles. The summed E-state index contributed by atoms with van der Waals surface area (Å²) in [5.41, 5.74) is 1.05. The summed E-state index contributed by atoms with van der Waals surface area (Å²) in [6.45, 7) is 6.90. The van der Waals surface area contributed by atoms with Gasteiger partial charge in [-0.3, -0.25) is 4.99 Å². The van der Waals surface area contributed by atoms with Gasteiger partial charge in [0.25, 0.3) is 0 Å². The highest BCUT2D eigenvalue weighted by molar-refractivity contribution is 14.0. The van der Waals surface area contributed by atoms with Gasteiger partial charge in [0.15, 0.2) is 5.96 Å². The van der Waals surface area contributed by atoms with E-state index >= 15 is 0 Å². The molecule has 0 amide bonds. The number of benzene rings is 1. The van der Waals surface area contributed by atoms with Crippen LogP contribution >= 0.6 is 24.0 Å². The Kier molecular flexibility index (Phi) is 12.4. The van der Waals surface area contributed by atoms with Gasteiger partial charge in [0.2, 0.25) is 0 Å². The molecule has 6 nitrogen and oxygen atoms in total. The van der Waals surface area contributed by atoms with Crippen LogP contribution in [0.1, 0.15) is 25.8 Å². The largest absolute Gasteiger partial charge is 0.497 e. The lowest BCUT2D eigenvalue weighted by Crippen LogP contribution is -2.42. The molecule has 1 unspecified atom stereocenters. The fourth-order valence-corrected chi connectivity index (χ4v) is 2.28. The Balaban J connectivity index is 0.00000576. The number of methoxy groups -OCH3 is 2. The maximum Gasteiger partial charge on any atom is 0.191 e. The Morgan fingerprint density at radius 3 is 2.52 bits per heavy atom. The number of hydrogen-bond acceptors (Lipinski definition) is 4. The van der Waals surface area contributed by atoms with Crippen LogP contribution in [0.4, 0.5) is 0 Å². The van der Waals surface area contributed by atoms with Crippen LogP contribution in [0.3, 0.4) is 0 Å². The molecule has 0 fully saturated rings. The lowest BCUT2D eigenvalue weighted by atomic mass is 10.2. The van der Waals surface area contributed by atoms with Gasteiger partial charge in [0, 0.05) is 44.4 Å². The van der Waals surface area contributed by atoms with E-state index in [9.17, 15) is 0 Å². The molecular formula is C18H33IN4O2. The number of guanidine groups is 1. The van der Waals surface area contributed by atoms with E-state index in [-0.39, 0.29) is 24.0 Å². The van der Waals surface area contributed by atoms with Crippen molar-refractivity contribution in [1.29, 1.82) is 0 Å². The lowest BCUT2D eigenvalue weighted by Gasteiger charge is -2.24. The number of aliphatic imine (C=N–C) groups is 1. The predicted molar refractivity (Wildman–Crippen MR) is 116 cm³/mol. The third-order valence-corrected chi connectivity index (χ3v) is 4.26. The zero-order valence-electron chi connectivity index (χ0n) is 16.3. The quantitative estimate of drug-likeness (QED) is 0.335. The van der Waals surface area contributed by atoms with Crippen molar-refractivity contribution in [2.75, 3.05) is 41.4 Å². The molecule has 1 rings (SSSR count). The van der Waals surface area contributed by atoms with Gasteiger partial charge in [-0.2, -0.15) is 0 Å². The minimum absolute atomic E-state index is 0. The first kappa shape index (κ1) is 23.8. The number of ether oxygens (including phenoxy) is 2. The van der Waals surface area contributed by atoms with Crippen molar-refractivity contribution in [2.45, 2.75) is 32.9 Å². The molecule has 1 aromatic rings. The average Bonchev–Trinajstić information content (AvgIpc) is 2.63. The Morgan fingerprint density at radius 1 is 1.24 bits per heavy atom. The Labute approximate surface area is 169 Å². The number of halogens is 1. The van der Waals surface area contributed by atoms with Crippen LogP contribution in [0.5, 0.6) is 11.5 Å². The van der Waals surface area contributed by atoms with Crippen LogP contribution in [0.25, 0.3) is 0 Å². The molecule has 0 spiro atoms. The zero-order valence-corrected chi connectivity index (χ0v) is 18.6. The molecule has 0 radical (unpaired) electrons. The lowest BCUT2D eigenvalue weighted by molar-refractivity contribution is 0.255. The highest BCUT2D eigenvalue weighted by atomic mass is 127. The molecule has 25 heavy (non-hydrogen) atoms. The predicted octanol–water partition coefficient (Wildman–Crippen LogP) is 2.72. The fraction of sp³-hybridized carbons (Fsp3) is 0.611. The Morgan fingerprint density at radius 2 is 1.96 bits per heavy atom. The van der Waals surface area contributed by atoms with Crippen molar-refractivity contribution in [3.63, 3.8) is 0 Å². The molecule has 0 saturated carbocycles. The molecule has 0 aromatic heterocycles. The van der Waals surface area contributed by atoms with Crippen LogP contribution in [-0.4, -0.2) is 58.3 Å². The van der Waals surface area contributed by atoms with Gasteiger partial charge >= 0.3 is 0 Å². The van der Waals surface area contributed by atoms with Crippen molar-refractivity contribution in [2.24, 2.45) is 4.99 Å². The maximum absolute atomic E-state index is 5.42. The van der Waals surface area contributed by atoms with Crippen molar-refractivity contribution >= 4 is 29.9 Å². The monoisotopic (exact) mass is 464 g/mol. The number of likely N-dealkylation sites (N-methyl/N-ethyl adjacent to an activating group) is 1. The molecular weight excluding hydrogens is 431 g/mol. The minimum atomic E-state index is 0. The normalized spacial score (nSPS) is 12.4. The number of nitrogens with one attached hydrogen (secondary N) is 2. The zero-order chi connectivity index (χ0) is 17.9. The van der Waals surface area contributed by atoms with E-state index in [0.717, 1.165) is 42.5 Å². The van der Waals surface area contributed by atoms with Gasteiger partial charge in [-0.15, -0.1) is 24.0 Å². The summed E-state index contributed by atoms with van der Waals surface area (Å²) in [6, 6.07) is 6.39. The summed E-state index contributed by atoms with van der Waals surface area (Å²) in [5, 5.41) is 6.66. The molecule has 2 N–H and O–H groups in total. The van der Waals surface area contributed by atoms with Gasteiger partial charge in [0.05, 0.1) is 14.2 Å². The third kappa shape index (κ3) is 8.13. The first-order valence-electron chi connectivity index (χ1n) is 8.41. The van der Waals surface area contributed by atoms with Crippen LogP contribution in [0, 0.1) is 0 Å². The molecule has 1 aromatic carbocycles. The molecule has 7 heteroatoms. The van der Waals surface area contributed by atoms with Crippen LogP contribution in [-0.2, 0) is 6.54 Å². The van der Waals surface area contributed by atoms with Gasteiger partial charge in [-0.1, -0.05) is 6.92 Å². The summed E-state index contributed by atoms with van der Waals surface area (Å²) < 4.78 is 10.6. The second kappa shape index (κ2) is 13.0. The van der Waals surface area contributed by atoms with Crippen molar-refractivity contribution in [3.05, 3.63) is 23.8 Å². The fourth-order valence-electron chi connectivity index (χ4n) is 2.28. The first-order valence-corrected chi connectivity index (χ1v) is 8.41. The van der Waals surface area contributed by atoms with Crippen molar-refractivity contribution in [3.8, 4) is 11.5 Å². The van der Waals surface area contributed by atoms with E-state index in [1.807, 2.05) is 18.2 Å². The molecule has 0 heterocycles. The number of hydrogen-bond donors (Lipinski definition) is 2. The van der Waals surface area contributed by atoms with E-state index in [1.54, 1.807) is 21.3 Å². The topological polar surface area (TPSA) is 58.1 Å². The standard InChI is InChI=1S/C18H32N4O2.HI/c1-7-14(2)22(4)11-10-20-18(19-3)21-13-15-8-9-16(23-5)12-17(15)24-6;/h8-9,12,14H,7,10-11,13H2,1-6H3,(H2,19,20,21);1H. The molecule has 0 aliphatic heterocycles. The van der Waals surface area contributed by atoms with E-state index in [4.69, 9.17) is 9.47 Å². The highest BCUT2D eigenvalue weighted by Gasteiger charge is 2.08. The van der Waals surface area contributed by atoms with Gasteiger partial charge in [-0.25, -0.2) is 0 Å². The summed E-state index contributed by atoms with van der Waals surface area (Å²) in [4.78, 5) is 6.60. The Hall–Kier alpha value is -1.22. The highest BCUT2D eigenvalue weighted by Crippen LogP contribution is 2.24. The number of nitrogens with zero attached hydrogens (tertiary/aromatic N) is 2. The molecule has 1 atom stereocenters. The second-order valence-electron chi connectivity index (χ2n) is 5.77.